The summed E-state index contributed by atoms with van der Waals surface area (Å²) in [5.41, 5.74) is 5.91. The number of nitrogens with two attached hydrogens (primary N) is 1. The highest BCUT2D eigenvalue weighted by atomic mass is 19.3. The van der Waals surface area contributed by atoms with Crippen LogP contribution in [0.5, 0.6) is 11.5 Å². The molecule has 0 spiro atoms. The lowest BCUT2D eigenvalue weighted by Gasteiger charge is -2.11. The highest BCUT2D eigenvalue weighted by Crippen LogP contribution is 2.31. The molecule has 1 aromatic carbocycles. The first-order valence-corrected chi connectivity index (χ1v) is 4.57. The Morgan fingerprint density at radius 2 is 1.87 bits per heavy atom. The lowest BCUT2D eigenvalue weighted by molar-refractivity contribution is 0.0821. The second kappa shape index (κ2) is 5.38. The fourth-order valence-corrected chi connectivity index (χ4v) is 1.08. The summed E-state index contributed by atoms with van der Waals surface area (Å²) in [6.45, 7) is 1.61. The lowest BCUT2D eigenvalue weighted by Crippen LogP contribution is -2.09. The molecule has 3 nitrogen and oxygen atoms in total. The summed E-state index contributed by atoms with van der Waals surface area (Å²) in [5, 5.41) is 0. The van der Waals surface area contributed by atoms with Crippen LogP contribution in [0.15, 0.2) is 18.2 Å². The average molecular weight is 217 g/mol. The third-order valence-electron chi connectivity index (χ3n) is 1.69. The number of hydrogen-bond acceptors (Lipinski definition) is 3. The number of para-hydroxylation sites is 1. The van der Waals surface area contributed by atoms with Gasteiger partial charge in [0.05, 0.1) is 6.61 Å². The molecule has 0 aromatic heterocycles. The summed E-state index contributed by atoms with van der Waals surface area (Å²) >= 11 is 0. The molecule has 0 saturated carbocycles. The minimum Gasteiger partial charge on any atom is -0.492 e. The Labute approximate surface area is 86.8 Å². The number of rotatable bonds is 5. The van der Waals surface area contributed by atoms with Crippen molar-refractivity contribution in [2.45, 2.75) is 13.3 Å². The maximum absolute atomic E-state index is 11.9. The number of anilines is 1. The molecule has 0 fully saturated rings. The van der Waals surface area contributed by atoms with Crippen molar-refractivity contribution in [2.24, 2.45) is 0 Å². The van der Waals surface area contributed by atoms with Crippen LogP contribution in [0, 0.1) is 0 Å². The Bertz CT molecular complexity index is 318. The largest absolute Gasteiger partial charge is 0.492 e. The summed E-state index contributed by atoms with van der Waals surface area (Å²) in [7, 11) is 0. The average Bonchev–Trinajstić information content (AvgIpc) is 2.19. The third kappa shape index (κ3) is 3.27. The van der Waals surface area contributed by atoms with Crippen molar-refractivity contribution in [1.29, 1.82) is 0 Å². The van der Waals surface area contributed by atoms with E-state index >= 15 is 0 Å². The second-order valence-electron chi connectivity index (χ2n) is 2.80. The molecule has 0 aliphatic rings. The van der Waals surface area contributed by atoms with Crippen LogP contribution in [0.3, 0.4) is 0 Å². The summed E-state index contributed by atoms with van der Waals surface area (Å²) < 4.78 is 33.8. The molecular weight excluding hydrogens is 204 g/mol. The summed E-state index contributed by atoms with van der Waals surface area (Å²) in [6, 6.07) is 4.83. The topological polar surface area (TPSA) is 44.5 Å². The Morgan fingerprint density at radius 3 is 2.40 bits per heavy atom. The first-order chi connectivity index (χ1) is 7.15. The molecule has 15 heavy (non-hydrogen) atoms. The van der Waals surface area contributed by atoms with E-state index in [9.17, 15) is 8.78 Å². The summed E-state index contributed by atoms with van der Waals surface area (Å²) in [6.07, 6.45) is -2.51. The molecule has 1 rings (SSSR count). The predicted octanol–water partition coefficient (Wildman–Crippen LogP) is 2.31. The molecule has 0 radical (unpaired) electrons. The van der Waals surface area contributed by atoms with Gasteiger partial charge in [0.1, 0.15) is 23.8 Å². The monoisotopic (exact) mass is 217 g/mol. The molecule has 0 saturated heterocycles. The zero-order valence-electron chi connectivity index (χ0n) is 8.37. The molecule has 5 heteroatoms. The van der Waals surface area contributed by atoms with Crippen molar-refractivity contribution in [3.05, 3.63) is 18.2 Å². The summed E-state index contributed by atoms with van der Waals surface area (Å²) in [5.74, 6) is 0.672. The third-order valence-corrected chi connectivity index (χ3v) is 1.69. The maximum atomic E-state index is 11.9. The lowest BCUT2D eigenvalue weighted by atomic mass is 10.3. The van der Waals surface area contributed by atoms with E-state index in [0.717, 1.165) is 0 Å². The first-order valence-electron chi connectivity index (χ1n) is 4.57. The Kier molecular flexibility index (Phi) is 4.15. The molecule has 0 unspecified atom stereocenters. The van der Waals surface area contributed by atoms with Gasteiger partial charge in [-0.2, -0.15) is 0 Å². The standard InChI is InChI=1S/C10H13F2NO2/c1-2-14-7-4-3-5-8(10(7)13)15-6-9(11)12/h3-5,9H,2,6,13H2,1H3. The van der Waals surface area contributed by atoms with Crippen molar-refractivity contribution in [3.8, 4) is 11.5 Å². The van der Waals surface area contributed by atoms with Crippen molar-refractivity contribution < 1.29 is 18.3 Å². The number of alkyl halides is 2. The second-order valence-corrected chi connectivity index (χ2v) is 2.80. The minimum atomic E-state index is -2.51. The minimum absolute atomic E-state index is 0.223. The molecule has 84 valence electrons. The van der Waals surface area contributed by atoms with Crippen LogP contribution in [0.1, 0.15) is 6.92 Å². The van der Waals surface area contributed by atoms with E-state index in [1.807, 2.05) is 6.92 Å². The van der Waals surface area contributed by atoms with Gasteiger partial charge < -0.3 is 15.2 Å². The van der Waals surface area contributed by atoms with E-state index in [0.29, 0.717) is 12.4 Å². The molecule has 0 aliphatic heterocycles. The van der Waals surface area contributed by atoms with Crippen LogP contribution in [0.2, 0.25) is 0 Å². The number of benzene rings is 1. The van der Waals surface area contributed by atoms with Crippen molar-refractivity contribution >= 4 is 5.69 Å². The van der Waals surface area contributed by atoms with Crippen LogP contribution < -0.4 is 15.2 Å². The number of hydrogen-bond donors (Lipinski definition) is 1. The van der Waals surface area contributed by atoms with Crippen LogP contribution in [-0.2, 0) is 0 Å². The normalized spacial score (nSPS) is 10.4. The van der Waals surface area contributed by atoms with Gasteiger partial charge in [-0.15, -0.1) is 0 Å². The highest BCUT2D eigenvalue weighted by Gasteiger charge is 2.09. The van der Waals surface area contributed by atoms with Gasteiger partial charge in [0, 0.05) is 0 Å². The van der Waals surface area contributed by atoms with Gasteiger partial charge in [-0.25, -0.2) is 8.78 Å². The van der Waals surface area contributed by atoms with Gasteiger partial charge in [-0.3, -0.25) is 0 Å². The molecule has 0 atom stereocenters. The molecule has 0 bridgehead atoms. The van der Waals surface area contributed by atoms with Gasteiger partial charge in [-0.05, 0) is 19.1 Å². The SMILES string of the molecule is CCOc1cccc(OCC(F)F)c1N. The quantitative estimate of drug-likeness (QED) is 0.770. The van der Waals surface area contributed by atoms with Crippen molar-refractivity contribution in [3.63, 3.8) is 0 Å². The number of nitrogen functional groups attached to an aromatic ring is 1. The van der Waals surface area contributed by atoms with Crippen LogP contribution >= 0.6 is 0 Å². The van der Waals surface area contributed by atoms with E-state index < -0.39 is 13.0 Å². The maximum Gasteiger partial charge on any atom is 0.272 e. The van der Waals surface area contributed by atoms with Crippen molar-refractivity contribution in [2.75, 3.05) is 18.9 Å². The van der Waals surface area contributed by atoms with E-state index in [1.165, 1.54) is 6.07 Å². The van der Waals surface area contributed by atoms with Crippen molar-refractivity contribution in [1.82, 2.24) is 0 Å². The van der Waals surface area contributed by atoms with Gasteiger partial charge >= 0.3 is 0 Å². The predicted molar refractivity (Wildman–Crippen MR) is 53.5 cm³/mol. The van der Waals surface area contributed by atoms with Crippen LogP contribution in [0.4, 0.5) is 14.5 Å². The molecule has 0 aliphatic carbocycles. The fraction of sp³-hybridized carbons (Fsp3) is 0.400. The Morgan fingerprint density at radius 1 is 1.27 bits per heavy atom. The van der Waals surface area contributed by atoms with E-state index in [2.05, 4.69) is 0 Å². The smallest absolute Gasteiger partial charge is 0.272 e. The van der Waals surface area contributed by atoms with Crippen LogP contribution in [0.25, 0.3) is 0 Å². The molecule has 2 N–H and O–H groups in total. The van der Waals surface area contributed by atoms with Gasteiger partial charge in [0.2, 0.25) is 0 Å². The number of ether oxygens (including phenoxy) is 2. The first kappa shape index (κ1) is 11.6. The van der Waals surface area contributed by atoms with Gasteiger partial charge in [-0.1, -0.05) is 6.07 Å². The Balaban J connectivity index is 2.75. The summed E-state index contributed by atoms with van der Waals surface area (Å²) in [4.78, 5) is 0. The zero-order valence-corrected chi connectivity index (χ0v) is 8.37. The fourth-order valence-electron chi connectivity index (χ4n) is 1.08. The van der Waals surface area contributed by atoms with E-state index in [-0.39, 0.29) is 11.4 Å². The van der Waals surface area contributed by atoms with E-state index in [1.54, 1.807) is 12.1 Å². The zero-order chi connectivity index (χ0) is 11.3. The molecule has 0 heterocycles. The molecular formula is C10H13F2NO2. The van der Waals surface area contributed by atoms with E-state index in [4.69, 9.17) is 15.2 Å². The Hall–Kier alpha value is -1.52. The number of halogens is 2. The molecule has 0 amide bonds. The van der Waals surface area contributed by atoms with Gasteiger partial charge in [0.15, 0.2) is 0 Å². The highest BCUT2D eigenvalue weighted by molar-refractivity contribution is 5.62. The van der Waals surface area contributed by atoms with Gasteiger partial charge in [0.25, 0.3) is 6.43 Å². The molecule has 1 aromatic rings. The van der Waals surface area contributed by atoms with Crippen LogP contribution in [-0.4, -0.2) is 19.6 Å².